The summed E-state index contributed by atoms with van der Waals surface area (Å²) in [6.07, 6.45) is -0.827. The highest BCUT2D eigenvalue weighted by atomic mass is 19.1. The van der Waals surface area contributed by atoms with Crippen molar-refractivity contribution in [3.63, 3.8) is 0 Å². The molecule has 0 saturated carbocycles. The molecule has 1 rings (SSSR count). The summed E-state index contributed by atoms with van der Waals surface area (Å²) in [6.45, 7) is 1.75. The molecule has 0 aliphatic carbocycles. The summed E-state index contributed by atoms with van der Waals surface area (Å²) < 4.78 is 25.8. The number of nitrogens with two attached hydrogens (primary N) is 1. The van der Waals surface area contributed by atoms with E-state index in [1.807, 2.05) is 0 Å². The van der Waals surface area contributed by atoms with E-state index in [1.54, 1.807) is 6.92 Å². The van der Waals surface area contributed by atoms with Crippen molar-refractivity contribution in [2.24, 2.45) is 5.73 Å². The highest BCUT2D eigenvalue weighted by molar-refractivity contribution is 5.18. The minimum Gasteiger partial charge on any atom is -0.328 e. The zero-order valence-electron chi connectivity index (χ0n) is 7.50. The van der Waals surface area contributed by atoms with Crippen molar-refractivity contribution < 1.29 is 8.78 Å². The van der Waals surface area contributed by atoms with Crippen LogP contribution in [0.15, 0.2) is 24.3 Å². The largest absolute Gasteiger partial charge is 0.328 e. The predicted molar refractivity (Wildman–Crippen MR) is 48.5 cm³/mol. The third kappa shape index (κ3) is 3.11. The lowest BCUT2D eigenvalue weighted by molar-refractivity contribution is 0.307. The van der Waals surface area contributed by atoms with Gasteiger partial charge in [-0.25, -0.2) is 8.78 Å². The monoisotopic (exact) mass is 185 g/mol. The minimum atomic E-state index is -1.10. The van der Waals surface area contributed by atoms with Gasteiger partial charge in [0, 0.05) is 6.04 Å². The van der Waals surface area contributed by atoms with E-state index in [2.05, 4.69) is 0 Å². The van der Waals surface area contributed by atoms with Crippen molar-refractivity contribution in [3.8, 4) is 0 Å². The fourth-order valence-corrected chi connectivity index (χ4v) is 1.13. The molecule has 2 N–H and O–H groups in total. The predicted octanol–water partition coefficient (Wildman–Crippen LogP) is 2.57. The molecule has 0 amide bonds. The maximum atomic E-state index is 13.3. The van der Waals surface area contributed by atoms with Gasteiger partial charge in [0.2, 0.25) is 0 Å². The lowest BCUT2D eigenvalue weighted by atomic mass is 10.0. The van der Waals surface area contributed by atoms with Gasteiger partial charge in [0.1, 0.15) is 12.0 Å². The van der Waals surface area contributed by atoms with Gasteiger partial charge in [-0.15, -0.1) is 0 Å². The molecule has 0 heterocycles. The van der Waals surface area contributed by atoms with Crippen LogP contribution in [0.5, 0.6) is 0 Å². The first kappa shape index (κ1) is 10.1. The van der Waals surface area contributed by atoms with Crippen molar-refractivity contribution >= 4 is 0 Å². The standard InChI is InChI=1S/C10H13F2N/c1-7(13)6-10(12)8-2-4-9(11)5-3-8/h2-5,7,10H,6,13H2,1H3. The van der Waals surface area contributed by atoms with Crippen molar-refractivity contribution in [1.29, 1.82) is 0 Å². The van der Waals surface area contributed by atoms with Gasteiger partial charge in [-0.3, -0.25) is 0 Å². The molecule has 1 aromatic carbocycles. The molecular formula is C10H13F2N. The van der Waals surface area contributed by atoms with E-state index >= 15 is 0 Å². The summed E-state index contributed by atoms with van der Waals surface area (Å²) in [6, 6.07) is 5.22. The molecule has 0 aromatic heterocycles. The van der Waals surface area contributed by atoms with Gasteiger partial charge in [0.25, 0.3) is 0 Å². The Morgan fingerprint density at radius 1 is 1.31 bits per heavy atom. The van der Waals surface area contributed by atoms with Crippen molar-refractivity contribution in [1.82, 2.24) is 0 Å². The molecule has 2 atom stereocenters. The molecule has 0 spiro atoms. The average molecular weight is 185 g/mol. The number of halogens is 2. The highest BCUT2D eigenvalue weighted by Crippen LogP contribution is 2.22. The topological polar surface area (TPSA) is 26.0 Å². The first-order valence-electron chi connectivity index (χ1n) is 4.24. The van der Waals surface area contributed by atoms with Crippen molar-refractivity contribution in [3.05, 3.63) is 35.6 Å². The zero-order chi connectivity index (χ0) is 9.84. The van der Waals surface area contributed by atoms with Gasteiger partial charge in [-0.2, -0.15) is 0 Å². The summed E-state index contributed by atoms with van der Waals surface area (Å²) in [5.74, 6) is -0.350. The fourth-order valence-electron chi connectivity index (χ4n) is 1.13. The van der Waals surface area contributed by atoms with Gasteiger partial charge >= 0.3 is 0 Å². The summed E-state index contributed by atoms with van der Waals surface area (Å²) >= 11 is 0. The van der Waals surface area contributed by atoms with Crippen molar-refractivity contribution in [2.75, 3.05) is 0 Å². The van der Waals surface area contributed by atoms with Gasteiger partial charge in [0.15, 0.2) is 0 Å². The Morgan fingerprint density at radius 2 is 1.85 bits per heavy atom. The van der Waals surface area contributed by atoms with Gasteiger partial charge in [-0.05, 0) is 31.0 Å². The van der Waals surface area contributed by atoms with Crippen LogP contribution in [-0.2, 0) is 0 Å². The number of benzene rings is 1. The first-order chi connectivity index (χ1) is 6.09. The Balaban J connectivity index is 2.66. The molecule has 0 aliphatic rings. The molecule has 0 bridgehead atoms. The molecule has 0 radical (unpaired) electrons. The lowest BCUT2D eigenvalue weighted by Gasteiger charge is -2.10. The van der Waals surface area contributed by atoms with Crippen LogP contribution >= 0.6 is 0 Å². The van der Waals surface area contributed by atoms with Crippen LogP contribution in [0.3, 0.4) is 0 Å². The normalized spacial score (nSPS) is 15.4. The second-order valence-corrected chi connectivity index (χ2v) is 3.23. The summed E-state index contributed by atoms with van der Waals surface area (Å²) in [5.41, 5.74) is 5.93. The van der Waals surface area contributed by atoms with Crippen LogP contribution in [0.25, 0.3) is 0 Å². The SMILES string of the molecule is CC(N)CC(F)c1ccc(F)cc1. The number of rotatable bonds is 3. The fraction of sp³-hybridized carbons (Fsp3) is 0.400. The molecule has 0 aliphatic heterocycles. The van der Waals surface area contributed by atoms with E-state index < -0.39 is 6.17 Å². The van der Waals surface area contributed by atoms with Crippen LogP contribution in [0.4, 0.5) is 8.78 Å². The van der Waals surface area contributed by atoms with Crippen LogP contribution < -0.4 is 5.73 Å². The van der Waals surface area contributed by atoms with E-state index in [1.165, 1.54) is 24.3 Å². The number of hydrogen-bond acceptors (Lipinski definition) is 1. The third-order valence-corrected chi connectivity index (χ3v) is 1.81. The Morgan fingerprint density at radius 3 is 2.31 bits per heavy atom. The van der Waals surface area contributed by atoms with E-state index in [9.17, 15) is 8.78 Å². The molecule has 13 heavy (non-hydrogen) atoms. The quantitative estimate of drug-likeness (QED) is 0.769. The lowest BCUT2D eigenvalue weighted by Crippen LogP contribution is -2.16. The minimum absolute atomic E-state index is 0.181. The maximum absolute atomic E-state index is 13.3. The van der Waals surface area contributed by atoms with Crippen LogP contribution in [0.1, 0.15) is 25.1 Å². The Labute approximate surface area is 76.6 Å². The van der Waals surface area contributed by atoms with Gasteiger partial charge in [-0.1, -0.05) is 12.1 Å². The van der Waals surface area contributed by atoms with Crippen LogP contribution in [0, 0.1) is 5.82 Å². The molecule has 3 heteroatoms. The van der Waals surface area contributed by atoms with Gasteiger partial charge in [0.05, 0.1) is 0 Å². The number of hydrogen-bond donors (Lipinski definition) is 1. The summed E-state index contributed by atoms with van der Waals surface area (Å²) in [5, 5.41) is 0. The molecule has 1 nitrogen and oxygen atoms in total. The van der Waals surface area contributed by atoms with Crippen LogP contribution in [-0.4, -0.2) is 6.04 Å². The second-order valence-electron chi connectivity index (χ2n) is 3.23. The van der Waals surface area contributed by atoms with E-state index in [0.717, 1.165) is 0 Å². The molecule has 0 fully saturated rings. The van der Waals surface area contributed by atoms with Crippen LogP contribution in [0.2, 0.25) is 0 Å². The first-order valence-corrected chi connectivity index (χ1v) is 4.24. The highest BCUT2D eigenvalue weighted by Gasteiger charge is 2.11. The molecule has 1 aromatic rings. The maximum Gasteiger partial charge on any atom is 0.127 e. The van der Waals surface area contributed by atoms with E-state index in [4.69, 9.17) is 5.73 Å². The smallest absolute Gasteiger partial charge is 0.127 e. The second kappa shape index (κ2) is 4.33. The Hall–Kier alpha value is -0.960. The van der Waals surface area contributed by atoms with E-state index in [0.29, 0.717) is 5.56 Å². The zero-order valence-corrected chi connectivity index (χ0v) is 7.50. The Bertz CT molecular complexity index is 256. The van der Waals surface area contributed by atoms with E-state index in [-0.39, 0.29) is 18.3 Å². The number of alkyl halides is 1. The molecule has 2 unspecified atom stereocenters. The molecular weight excluding hydrogens is 172 g/mol. The molecule has 72 valence electrons. The Kier molecular flexibility index (Phi) is 3.37. The summed E-state index contributed by atoms with van der Waals surface area (Å²) in [7, 11) is 0. The third-order valence-electron chi connectivity index (χ3n) is 1.81. The molecule has 0 saturated heterocycles. The van der Waals surface area contributed by atoms with Gasteiger partial charge < -0.3 is 5.73 Å². The summed E-state index contributed by atoms with van der Waals surface area (Å²) in [4.78, 5) is 0. The van der Waals surface area contributed by atoms with Crippen molar-refractivity contribution in [2.45, 2.75) is 25.6 Å². The average Bonchev–Trinajstić information content (AvgIpc) is 2.04.